The van der Waals surface area contributed by atoms with Crippen molar-refractivity contribution in [2.45, 2.75) is 32.2 Å². The minimum Gasteiger partial charge on any atom is -0.354 e. The third kappa shape index (κ3) is 5.58. The van der Waals surface area contributed by atoms with Crippen LogP contribution in [0.25, 0.3) is 11.0 Å². The molecule has 1 aliphatic heterocycles. The summed E-state index contributed by atoms with van der Waals surface area (Å²) in [6, 6.07) is 11.1. The van der Waals surface area contributed by atoms with E-state index < -0.39 is 0 Å². The fraction of sp³-hybridized carbons (Fsp3) is 0.400. The molecule has 0 unspecified atom stereocenters. The largest absolute Gasteiger partial charge is 0.354 e. The Kier molecular flexibility index (Phi) is 8.85. The Bertz CT molecular complexity index is 1270. The molecule has 1 saturated heterocycles. The summed E-state index contributed by atoms with van der Waals surface area (Å²) in [5.74, 6) is 0.865. The number of nitrogens with one attached hydrogen (secondary N) is 1. The van der Waals surface area contributed by atoms with Gasteiger partial charge < -0.3 is 20.9 Å². The molecule has 0 saturated carbocycles. The minimum absolute atomic E-state index is 0. The van der Waals surface area contributed by atoms with Crippen LogP contribution in [0.2, 0.25) is 0 Å². The van der Waals surface area contributed by atoms with Gasteiger partial charge in [-0.3, -0.25) is 9.36 Å². The SMILES string of the molecule is C[C@@H]1CCN(C(=O)CC#N)C[C@@H]1N(C)c1ncnc2c1ccn2C(=O)Nc1cccc(CCN)c1.Cl. The average molecular weight is 511 g/mol. The molecular formula is C25H31ClN8O2. The first-order valence-electron chi connectivity index (χ1n) is 11.7. The molecule has 10 nitrogen and oxygen atoms in total. The van der Waals surface area contributed by atoms with Gasteiger partial charge in [-0.05, 0) is 49.1 Å². The fourth-order valence-electron chi connectivity index (χ4n) is 4.65. The van der Waals surface area contributed by atoms with Gasteiger partial charge in [-0.1, -0.05) is 19.1 Å². The van der Waals surface area contributed by atoms with E-state index in [0.29, 0.717) is 42.7 Å². The molecule has 11 heteroatoms. The number of halogens is 1. The highest BCUT2D eigenvalue weighted by Gasteiger charge is 2.32. The van der Waals surface area contributed by atoms with Gasteiger partial charge in [0.25, 0.3) is 0 Å². The number of hydrogen-bond acceptors (Lipinski definition) is 7. The Labute approximate surface area is 216 Å². The number of nitrogens with two attached hydrogens (primary N) is 1. The number of fused-ring (bicyclic) bond motifs is 1. The molecule has 0 radical (unpaired) electrons. The number of rotatable bonds is 6. The van der Waals surface area contributed by atoms with E-state index in [1.807, 2.05) is 43.4 Å². The van der Waals surface area contributed by atoms with Crippen molar-refractivity contribution in [3.63, 3.8) is 0 Å². The third-order valence-corrected chi connectivity index (χ3v) is 6.62. The van der Waals surface area contributed by atoms with Crippen molar-refractivity contribution in [2.75, 3.05) is 36.9 Å². The topological polar surface area (TPSA) is 133 Å². The average Bonchev–Trinajstić information content (AvgIpc) is 3.29. The molecule has 190 valence electrons. The predicted molar refractivity (Wildman–Crippen MR) is 141 cm³/mol. The monoisotopic (exact) mass is 510 g/mol. The van der Waals surface area contributed by atoms with Crippen LogP contribution in [-0.2, 0) is 11.2 Å². The number of carbonyl (C=O) groups excluding carboxylic acids is 2. The van der Waals surface area contributed by atoms with Crippen LogP contribution in [0.3, 0.4) is 0 Å². The molecule has 3 heterocycles. The number of likely N-dealkylation sites (N-methyl/N-ethyl adjacent to an activating group) is 1. The van der Waals surface area contributed by atoms with Gasteiger partial charge in [-0.2, -0.15) is 5.26 Å². The second kappa shape index (κ2) is 11.8. The van der Waals surface area contributed by atoms with E-state index in [9.17, 15) is 9.59 Å². The lowest BCUT2D eigenvalue weighted by atomic mass is 9.92. The van der Waals surface area contributed by atoms with Gasteiger partial charge in [0.1, 0.15) is 18.6 Å². The molecule has 0 aliphatic carbocycles. The van der Waals surface area contributed by atoms with Crippen LogP contribution < -0.4 is 16.0 Å². The molecule has 0 bridgehead atoms. The Morgan fingerprint density at radius 1 is 1.31 bits per heavy atom. The van der Waals surface area contributed by atoms with Crippen LogP contribution in [0.5, 0.6) is 0 Å². The molecule has 4 rings (SSSR count). The van der Waals surface area contributed by atoms with E-state index in [4.69, 9.17) is 11.0 Å². The second-order valence-electron chi connectivity index (χ2n) is 8.91. The first kappa shape index (κ1) is 26.9. The molecule has 0 spiro atoms. The summed E-state index contributed by atoms with van der Waals surface area (Å²) in [4.78, 5) is 38.1. The molecule has 3 aromatic rings. The van der Waals surface area contributed by atoms with Gasteiger partial charge in [0.15, 0.2) is 5.65 Å². The molecule has 1 fully saturated rings. The Hall–Kier alpha value is -3.68. The number of carbonyl (C=O) groups is 2. The maximum Gasteiger partial charge on any atom is 0.331 e. The molecule has 1 aliphatic rings. The van der Waals surface area contributed by atoms with Crippen molar-refractivity contribution in [1.82, 2.24) is 19.4 Å². The molecule has 2 amide bonds. The van der Waals surface area contributed by atoms with Gasteiger partial charge >= 0.3 is 6.03 Å². The van der Waals surface area contributed by atoms with Gasteiger partial charge in [0, 0.05) is 32.0 Å². The van der Waals surface area contributed by atoms with Crippen LogP contribution in [0.15, 0.2) is 42.9 Å². The maximum atomic E-state index is 13.1. The first-order valence-corrected chi connectivity index (χ1v) is 11.7. The number of likely N-dealkylation sites (tertiary alicyclic amines) is 1. The van der Waals surface area contributed by atoms with Crippen LogP contribution in [0.1, 0.15) is 25.3 Å². The van der Waals surface area contributed by atoms with Gasteiger partial charge in [0.2, 0.25) is 5.91 Å². The van der Waals surface area contributed by atoms with E-state index in [1.165, 1.54) is 10.9 Å². The zero-order chi connectivity index (χ0) is 24.9. The zero-order valence-corrected chi connectivity index (χ0v) is 21.2. The molecule has 2 atom stereocenters. The summed E-state index contributed by atoms with van der Waals surface area (Å²) in [6.45, 7) is 3.86. The normalized spacial score (nSPS) is 17.2. The van der Waals surface area contributed by atoms with E-state index in [1.54, 1.807) is 11.1 Å². The molecular weight excluding hydrogens is 480 g/mol. The van der Waals surface area contributed by atoms with E-state index >= 15 is 0 Å². The van der Waals surface area contributed by atoms with Crippen LogP contribution in [-0.4, -0.2) is 64.1 Å². The van der Waals surface area contributed by atoms with E-state index in [0.717, 1.165) is 23.8 Å². The summed E-state index contributed by atoms with van der Waals surface area (Å²) in [6.07, 6.45) is 4.59. The first-order chi connectivity index (χ1) is 16.9. The number of aromatic nitrogens is 3. The fourth-order valence-corrected chi connectivity index (χ4v) is 4.65. The molecule has 1 aromatic carbocycles. The lowest BCUT2D eigenvalue weighted by Gasteiger charge is -2.42. The quantitative estimate of drug-likeness (QED) is 0.520. The van der Waals surface area contributed by atoms with Crippen molar-refractivity contribution in [3.8, 4) is 6.07 Å². The standard InChI is InChI=1S/C25H30N8O2.ClH/c1-17-8-12-32(22(34)7-11-27)15-21(17)31(2)23-20-9-13-33(24(20)29-16-28-23)25(35)30-19-5-3-4-18(14-19)6-10-26;/h3-5,9,13-14,16-17,21H,6-8,10,12,15,26H2,1-2H3,(H,30,35);1H/t17-,21+;/m1./s1. The summed E-state index contributed by atoms with van der Waals surface area (Å²) >= 11 is 0. The van der Waals surface area contributed by atoms with Gasteiger partial charge in [-0.25, -0.2) is 14.8 Å². The van der Waals surface area contributed by atoms with Crippen LogP contribution >= 0.6 is 12.4 Å². The van der Waals surface area contributed by atoms with Crippen LogP contribution in [0.4, 0.5) is 16.3 Å². The van der Waals surface area contributed by atoms with E-state index in [2.05, 4.69) is 27.1 Å². The number of piperidine rings is 1. The summed E-state index contributed by atoms with van der Waals surface area (Å²) in [5, 5.41) is 12.6. The van der Waals surface area contributed by atoms with Crippen LogP contribution in [0, 0.1) is 17.2 Å². The number of nitriles is 1. The third-order valence-electron chi connectivity index (χ3n) is 6.62. The number of benzene rings is 1. The van der Waals surface area contributed by atoms with Crippen molar-refractivity contribution in [1.29, 1.82) is 5.26 Å². The summed E-state index contributed by atoms with van der Waals surface area (Å²) < 4.78 is 1.47. The molecule has 36 heavy (non-hydrogen) atoms. The summed E-state index contributed by atoms with van der Waals surface area (Å²) in [5.41, 5.74) is 7.89. The number of hydrogen-bond donors (Lipinski definition) is 2. The van der Waals surface area contributed by atoms with Gasteiger partial charge in [0.05, 0.1) is 17.5 Å². The summed E-state index contributed by atoms with van der Waals surface area (Å²) in [7, 11) is 1.95. The zero-order valence-electron chi connectivity index (χ0n) is 20.4. The second-order valence-corrected chi connectivity index (χ2v) is 8.91. The molecule has 2 aromatic heterocycles. The highest BCUT2D eigenvalue weighted by Crippen LogP contribution is 2.29. The highest BCUT2D eigenvalue weighted by atomic mass is 35.5. The predicted octanol–water partition coefficient (Wildman–Crippen LogP) is 3.02. The Morgan fingerprint density at radius 3 is 2.86 bits per heavy atom. The number of anilines is 2. The Balaban J connectivity index is 0.00000361. The van der Waals surface area contributed by atoms with Crippen molar-refractivity contribution >= 4 is 46.9 Å². The van der Waals surface area contributed by atoms with Crippen molar-refractivity contribution < 1.29 is 9.59 Å². The highest BCUT2D eigenvalue weighted by molar-refractivity contribution is 6.00. The van der Waals surface area contributed by atoms with E-state index in [-0.39, 0.29) is 36.8 Å². The lowest BCUT2D eigenvalue weighted by molar-refractivity contribution is -0.131. The molecule has 3 N–H and O–H groups in total. The smallest absolute Gasteiger partial charge is 0.331 e. The number of nitrogens with zero attached hydrogens (tertiary/aromatic N) is 6. The minimum atomic E-state index is -0.323. The number of amides is 2. The lowest BCUT2D eigenvalue weighted by Crippen LogP contribution is -2.52. The van der Waals surface area contributed by atoms with Gasteiger partial charge in [-0.15, -0.1) is 12.4 Å². The Morgan fingerprint density at radius 2 is 2.11 bits per heavy atom. The van der Waals surface area contributed by atoms with Crippen molar-refractivity contribution in [3.05, 3.63) is 48.4 Å². The van der Waals surface area contributed by atoms with Crippen molar-refractivity contribution in [2.24, 2.45) is 11.7 Å². The maximum absolute atomic E-state index is 13.1.